The number of dihydropyridines is 1. The zero-order valence-electron chi connectivity index (χ0n) is 20.3. The van der Waals surface area contributed by atoms with E-state index in [1.54, 1.807) is 43.3 Å². The van der Waals surface area contributed by atoms with Crippen molar-refractivity contribution in [2.45, 2.75) is 26.2 Å². The molecule has 188 valence electrons. The standard InChI is InChI=1S/C28H25ClN4O3S/c1-3-18-6-10-20(11-7-18)32-24(34)16-37-28-22(15-30)26(23-5-4-14-36-23)25(17(2)31-28)27(35)33-21-12-8-19(29)9-13-21/h4-14,26,31H,3,16H2,1-2H3,(H,32,34)(H,33,35)/t26-/m1/s1. The fraction of sp³-hybridized carbons (Fsp3) is 0.179. The largest absolute Gasteiger partial charge is 0.468 e. The third-order valence-electron chi connectivity index (χ3n) is 5.82. The maximum atomic E-state index is 13.4. The Hall–Kier alpha value is -3.93. The summed E-state index contributed by atoms with van der Waals surface area (Å²) in [5.41, 5.74) is 3.67. The van der Waals surface area contributed by atoms with Gasteiger partial charge < -0.3 is 20.4 Å². The summed E-state index contributed by atoms with van der Waals surface area (Å²) in [4.78, 5) is 26.0. The molecule has 4 rings (SSSR count). The van der Waals surface area contributed by atoms with Crippen molar-refractivity contribution in [2.75, 3.05) is 16.4 Å². The summed E-state index contributed by atoms with van der Waals surface area (Å²) >= 11 is 7.16. The van der Waals surface area contributed by atoms with Crippen LogP contribution >= 0.6 is 23.4 Å². The maximum absolute atomic E-state index is 13.4. The van der Waals surface area contributed by atoms with Crippen LogP contribution in [0.2, 0.25) is 5.02 Å². The Morgan fingerprint density at radius 1 is 1.08 bits per heavy atom. The van der Waals surface area contributed by atoms with Crippen LogP contribution in [0.15, 0.2) is 93.2 Å². The minimum Gasteiger partial charge on any atom is -0.468 e. The second kappa shape index (κ2) is 11.9. The fourth-order valence-electron chi connectivity index (χ4n) is 3.96. The molecule has 2 heterocycles. The van der Waals surface area contributed by atoms with Crippen LogP contribution in [0, 0.1) is 11.3 Å². The van der Waals surface area contributed by atoms with Crippen molar-refractivity contribution in [2.24, 2.45) is 0 Å². The van der Waals surface area contributed by atoms with E-state index < -0.39 is 5.92 Å². The summed E-state index contributed by atoms with van der Waals surface area (Å²) in [6.45, 7) is 3.83. The summed E-state index contributed by atoms with van der Waals surface area (Å²) in [7, 11) is 0. The van der Waals surface area contributed by atoms with Crippen LogP contribution in [0.3, 0.4) is 0 Å². The number of nitriles is 1. The molecule has 0 spiro atoms. The predicted molar refractivity (Wildman–Crippen MR) is 147 cm³/mol. The number of rotatable bonds is 8. The highest BCUT2D eigenvalue weighted by atomic mass is 35.5. The van der Waals surface area contributed by atoms with Gasteiger partial charge in [0.25, 0.3) is 5.91 Å². The molecule has 3 N–H and O–H groups in total. The number of aryl methyl sites for hydroxylation is 1. The van der Waals surface area contributed by atoms with Crippen LogP contribution in [0.1, 0.15) is 31.1 Å². The van der Waals surface area contributed by atoms with Crippen LogP contribution < -0.4 is 16.0 Å². The molecule has 0 bridgehead atoms. The first-order valence-electron chi connectivity index (χ1n) is 11.6. The number of amides is 2. The van der Waals surface area contributed by atoms with E-state index in [-0.39, 0.29) is 17.6 Å². The molecule has 0 fully saturated rings. The molecule has 9 heteroatoms. The number of carbonyl (C=O) groups excluding carboxylic acids is 2. The second-order valence-corrected chi connectivity index (χ2v) is 9.74. The number of hydrogen-bond acceptors (Lipinski definition) is 6. The Balaban J connectivity index is 1.55. The van der Waals surface area contributed by atoms with Crippen LogP contribution in [0.25, 0.3) is 0 Å². The highest BCUT2D eigenvalue weighted by Crippen LogP contribution is 2.41. The van der Waals surface area contributed by atoms with E-state index in [1.165, 1.54) is 23.6 Å². The van der Waals surface area contributed by atoms with Crippen molar-refractivity contribution < 1.29 is 14.0 Å². The molecule has 0 saturated heterocycles. The number of carbonyl (C=O) groups is 2. The number of allylic oxidation sites excluding steroid dienone is 2. The van der Waals surface area contributed by atoms with E-state index >= 15 is 0 Å². The lowest BCUT2D eigenvalue weighted by Crippen LogP contribution is -2.31. The summed E-state index contributed by atoms with van der Waals surface area (Å²) in [6.07, 6.45) is 2.42. The van der Waals surface area contributed by atoms with Gasteiger partial charge in [-0.1, -0.05) is 42.4 Å². The Morgan fingerprint density at radius 2 is 1.76 bits per heavy atom. The Morgan fingerprint density at radius 3 is 2.38 bits per heavy atom. The summed E-state index contributed by atoms with van der Waals surface area (Å²) in [5, 5.41) is 20.1. The normalized spacial score (nSPS) is 15.1. The molecule has 0 unspecified atom stereocenters. The molecule has 37 heavy (non-hydrogen) atoms. The molecule has 1 atom stereocenters. The Bertz CT molecular complexity index is 1390. The molecule has 1 aliphatic heterocycles. The first-order chi connectivity index (χ1) is 17.9. The van der Waals surface area contributed by atoms with Crippen molar-refractivity contribution in [3.63, 3.8) is 0 Å². The zero-order chi connectivity index (χ0) is 26.4. The van der Waals surface area contributed by atoms with Gasteiger partial charge in [0.2, 0.25) is 5.91 Å². The van der Waals surface area contributed by atoms with E-state index in [0.29, 0.717) is 44.0 Å². The number of thioether (sulfide) groups is 1. The molecule has 3 aromatic rings. The van der Waals surface area contributed by atoms with Crippen molar-refractivity contribution in [1.29, 1.82) is 5.26 Å². The minimum atomic E-state index is -0.735. The zero-order valence-corrected chi connectivity index (χ0v) is 21.9. The van der Waals surface area contributed by atoms with Gasteiger partial charge in [-0.2, -0.15) is 5.26 Å². The molecule has 1 aromatic heterocycles. The van der Waals surface area contributed by atoms with Crippen LogP contribution in [-0.2, 0) is 16.0 Å². The number of nitrogens with zero attached hydrogens (tertiary/aromatic N) is 1. The SMILES string of the molecule is CCc1ccc(NC(=O)CSC2=C(C#N)[C@H](c3ccco3)C(C(=O)Nc3ccc(Cl)cc3)=C(C)N2)cc1. The number of furan rings is 1. The van der Waals surface area contributed by atoms with Crippen LogP contribution in [0.5, 0.6) is 0 Å². The number of halogens is 1. The van der Waals surface area contributed by atoms with Crippen LogP contribution in [-0.4, -0.2) is 17.6 Å². The van der Waals surface area contributed by atoms with E-state index in [4.69, 9.17) is 16.0 Å². The molecular weight excluding hydrogens is 508 g/mol. The summed E-state index contributed by atoms with van der Waals surface area (Å²) in [5.74, 6) is -0.784. The first kappa shape index (κ1) is 26.1. The molecule has 0 aliphatic carbocycles. The lowest BCUT2D eigenvalue weighted by molar-refractivity contribution is -0.114. The quantitative estimate of drug-likeness (QED) is 0.319. The number of anilines is 2. The van der Waals surface area contributed by atoms with Gasteiger partial charge in [0.1, 0.15) is 5.76 Å². The molecule has 2 amide bonds. The molecule has 0 radical (unpaired) electrons. The third kappa shape index (κ3) is 6.26. The molecular formula is C28H25ClN4O3S. The fourth-order valence-corrected chi connectivity index (χ4v) is 4.98. The van der Waals surface area contributed by atoms with E-state index in [9.17, 15) is 14.9 Å². The van der Waals surface area contributed by atoms with E-state index in [2.05, 4.69) is 28.9 Å². The number of nitrogens with one attached hydrogen (secondary N) is 3. The van der Waals surface area contributed by atoms with Gasteiger partial charge in [0.15, 0.2) is 0 Å². The van der Waals surface area contributed by atoms with Gasteiger partial charge in [-0.3, -0.25) is 9.59 Å². The Labute approximate surface area is 224 Å². The van der Waals surface area contributed by atoms with E-state index in [0.717, 1.165) is 6.42 Å². The lowest BCUT2D eigenvalue weighted by atomic mass is 9.85. The van der Waals surface area contributed by atoms with Crippen molar-refractivity contribution in [1.82, 2.24) is 5.32 Å². The van der Waals surface area contributed by atoms with Gasteiger partial charge in [0, 0.05) is 22.1 Å². The Kier molecular flexibility index (Phi) is 8.39. The van der Waals surface area contributed by atoms with Crippen LogP contribution in [0.4, 0.5) is 11.4 Å². The van der Waals surface area contributed by atoms with Gasteiger partial charge in [-0.25, -0.2) is 0 Å². The smallest absolute Gasteiger partial charge is 0.254 e. The topological polar surface area (TPSA) is 107 Å². The summed E-state index contributed by atoms with van der Waals surface area (Å²) in [6, 6.07) is 20.1. The average molecular weight is 533 g/mol. The molecule has 0 saturated carbocycles. The summed E-state index contributed by atoms with van der Waals surface area (Å²) < 4.78 is 5.64. The van der Waals surface area contributed by atoms with Gasteiger partial charge in [-0.05, 0) is 67.4 Å². The monoisotopic (exact) mass is 532 g/mol. The molecule has 1 aliphatic rings. The lowest BCUT2D eigenvalue weighted by Gasteiger charge is -2.28. The predicted octanol–water partition coefficient (Wildman–Crippen LogP) is 6.20. The van der Waals surface area contributed by atoms with Gasteiger partial charge >= 0.3 is 0 Å². The number of benzene rings is 2. The second-order valence-electron chi connectivity index (χ2n) is 8.32. The van der Waals surface area contributed by atoms with Crippen molar-refractivity contribution >= 4 is 46.6 Å². The highest BCUT2D eigenvalue weighted by molar-refractivity contribution is 8.03. The van der Waals surface area contributed by atoms with Crippen molar-refractivity contribution in [3.05, 3.63) is 105 Å². The van der Waals surface area contributed by atoms with Crippen molar-refractivity contribution in [3.8, 4) is 6.07 Å². The highest BCUT2D eigenvalue weighted by Gasteiger charge is 2.36. The average Bonchev–Trinajstić information content (AvgIpc) is 3.43. The first-order valence-corrected chi connectivity index (χ1v) is 13.0. The van der Waals surface area contributed by atoms with Gasteiger partial charge in [-0.15, -0.1) is 0 Å². The number of hydrogen-bond donors (Lipinski definition) is 3. The minimum absolute atomic E-state index is 0.0769. The third-order valence-corrected chi connectivity index (χ3v) is 7.08. The molecule has 2 aromatic carbocycles. The molecule has 7 nitrogen and oxygen atoms in total. The van der Waals surface area contributed by atoms with E-state index in [1.807, 2.05) is 24.3 Å². The maximum Gasteiger partial charge on any atom is 0.254 e. The van der Waals surface area contributed by atoms with Gasteiger partial charge in [0.05, 0.1) is 40.2 Å².